The van der Waals surface area contributed by atoms with Crippen molar-refractivity contribution in [2.75, 3.05) is 5.32 Å². The van der Waals surface area contributed by atoms with E-state index in [0.29, 0.717) is 6.42 Å². The van der Waals surface area contributed by atoms with Crippen LogP contribution in [-0.4, -0.2) is 16.0 Å². The second kappa shape index (κ2) is 5.87. The fourth-order valence-corrected chi connectivity index (χ4v) is 4.18. The van der Waals surface area contributed by atoms with E-state index in [9.17, 15) is 4.79 Å². The summed E-state index contributed by atoms with van der Waals surface area (Å²) in [7, 11) is 0. The number of H-pyrrole nitrogens is 1. The summed E-state index contributed by atoms with van der Waals surface area (Å²) in [6.07, 6.45) is 9.31. The number of rotatable bonds is 3. The molecule has 1 aliphatic heterocycles. The average molecular weight is 337 g/mol. The van der Waals surface area contributed by atoms with Gasteiger partial charge in [0.2, 0.25) is 0 Å². The maximum atomic E-state index is 13.1. The summed E-state index contributed by atoms with van der Waals surface area (Å²) < 4.78 is 0. The molecule has 0 saturated carbocycles. The smallest absolute Gasteiger partial charge is 0.162 e. The summed E-state index contributed by atoms with van der Waals surface area (Å²) in [6.45, 7) is 14.7. The van der Waals surface area contributed by atoms with Crippen molar-refractivity contribution >= 4 is 11.6 Å². The molecule has 0 unspecified atom stereocenters. The predicted molar refractivity (Wildman–Crippen MR) is 102 cm³/mol. The van der Waals surface area contributed by atoms with Gasteiger partial charge in [-0.05, 0) is 38.2 Å². The zero-order chi connectivity index (χ0) is 18.4. The van der Waals surface area contributed by atoms with Crippen LogP contribution in [-0.2, 0) is 10.2 Å². The van der Waals surface area contributed by atoms with Gasteiger partial charge in [-0.25, -0.2) is 0 Å². The number of Topliss-reactive ketones (excluding diaryl/α,β-unsaturated/α-hetero) is 1. The Labute approximate surface area is 149 Å². The maximum absolute atomic E-state index is 13.1. The van der Waals surface area contributed by atoms with E-state index in [2.05, 4.69) is 42.9 Å². The van der Waals surface area contributed by atoms with Gasteiger partial charge < -0.3 is 5.32 Å². The second-order valence-electron chi connectivity index (χ2n) is 8.03. The number of anilines is 1. The maximum Gasteiger partial charge on any atom is 0.162 e. The molecule has 0 bridgehead atoms. The highest BCUT2D eigenvalue weighted by molar-refractivity contribution is 6.03. The van der Waals surface area contributed by atoms with E-state index in [-0.39, 0.29) is 11.2 Å². The van der Waals surface area contributed by atoms with E-state index in [1.165, 1.54) is 0 Å². The zero-order valence-electron chi connectivity index (χ0n) is 15.8. The van der Waals surface area contributed by atoms with Gasteiger partial charge in [-0.15, -0.1) is 0 Å². The molecule has 1 atom stereocenters. The molecule has 1 aromatic heterocycles. The number of allylic oxidation sites excluding steroid dienone is 7. The van der Waals surface area contributed by atoms with Crippen molar-refractivity contribution in [3.8, 4) is 0 Å². The molecule has 0 aromatic carbocycles. The third kappa shape index (κ3) is 2.70. The predicted octanol–water partition coefficient (Wildman–Crippen LogP) is 4.73. The molecule has 4 nitrogen and oxygen atoms in total. The van der Waals surface area contributed by atoms with Gasteiger partial charge in [-0.2, -0.15) is 5.10 Å². The van der Waals surface area contributed by atoms with Crippen molar-refractivity contribution in [3.63, 3.8) is 0 Å². The number of hydrogen-bond acceptors (Lipinski definition) is 3. The summed E-state index contributed by atoms with van der Waals surface area (Å²) in [4.78, 5) is 13.1. The molecule has 2 N–H and O–H groups in total. The zero-order valence-corrected chi connectivity index (χ0v) is 15.8. The Bertz CT molecular complexity index is 835. The van der Waals surface area contributed by atoms with Crippen molar-refractivity contribution in [3.05, 3.63) is 59.0 Å². The number of nitrogens with one attached hydrogen (secondary N) is 2. The second-order valence-corrected chi connectivity index (χ2v) is 8.03. The van der Waals surface area contributed by atoms with Crippen molar-refractivity contribution in [1.29, 1.82) is 0 Å². The Balaban J connectivity index is 2.21. The lowest BCUT2D eigenvalue weighted by Gasteiger charge is -2.44. The molecule has 2 aliphatic rings. The highest BCUT2D eigenvalue weighted by Gasteiger charge is 2.49. The van der Waals surface area contributed by atoms with Crippen LogP contribution in [0.3, 0.4) is 0 Å². The molecule has 132 valence electrons. The molecular weight excluding hydrogens is 310 g/mol. The number of carbonyl (C=O) groups is 1. The first-order chi connectivity index (χ1) is 11.7. The van der Waals surface area contributed by atoms with Crippen LogP contribution in [0.1, 0.15) is 51.8 Å². The first-order valence-corrected chi connectivity index (χ1v) is 8.79. The number of hydrogen-bond donors (Lipinski definition) is 2. The van der Waals surface area contributed by atoms with Crippen LogP contribution in [0, 0.1) is 12.3 Å². The molecule has 25 heavy (non-hydrogen) atoms. The largest absolute Gasteiger partial charge is 0.342 e. The third-order valence-electron chi connectivity index (χ3n) is 5.33. The van der Waals surface area contributed by atoms with Gasteiger partial charge in [-0.1, -0.05) is 44.7 Å². The van der Waals surface area contributed by atoms with Crippen molar-refractivity contribution < 1.29 is 4.79 Å². The quantitative estimate of drug-likeness (QED) is 0.784. The lowest BCUT2D eigenvalue weighted by atomic mass is 9.61. The fraction of sp³-hybridized carbons (Fsp3) is 0.429. The molecule has 0 radical (unpaired) electrons. The minimum Gasteiger partial charge on any atom is -0.342 e. The van der Waals surface area contributed by atoms with Crippen LogP contribution < -0.4 is 5.32 Å². The van der Waals surface area contributed by atoms with Crippen molar-refractivity contribution in [2.45, 2.75) is 52.9 Å². The van der Waals surface area contributed by atoms with E-state index in [0.717, 1.165) is 40.3 Å². The number of fused-ring (bicyclic) bond motifs is 1. The summed E-state index contributed by atoms with van der Waals surface area (Å²) >= 11 is 0. The van der Waals surface area contributed by atoms with Crippen LogP contribution >= 0.6 is 0 Å². The molecule has 3 rings (SSSR count). The van der Waals surface area contributed by atoms with Gasteiger partial charge in [0, 0.05) is 28.9 Å². The molecule has 2 heterocycles. The van der Waals surface area contributed by atoms with Gasteiger partial charge in [0.25, 0.3) is 0 Å². The van der Waals surface area contributed by atoms with Crippen LogP contribution in [0.2, 0.25) is 0 Å². The number of aryl methyl sites for hydroxylation is 1. The van der Waals surface area contributed by atoms with Gasteiger partial charge in [-0.3, -0.25) is 9.89 Å². The number of ketones is 1. The van der Waals surface area contributed by atoms with Crippen molar-refractivity contribution in [1.82, 2.24) is 10.2 Å². The van der Waals surface area contributed by atoms with Crippen LogP contribution in [0.5, 0.6) is 0 Å². The summed E-state index contributed by atoms with van der Waals surface area (Å²) in [5, 5.41) is 10.9. The van der Waals surface area contributed by atoms with E-state index >= 15 is 0 Å². The van der Waals surface area contributed by atoms with Gasteiger partial charge >= 0.3 is 0 Å². The number of carbonyl (C=O) groups excluding carboxylic acids is 1. The molecule has 0 amide bonds. The summed E-state index contributed by atoms with van der Waals surface area (Å²) in [5.74, 6) is 1.01. The van der Waals surface area contributed by atoms with Crippen LogP contribution in [0.25, 0.3) is 0 Å². The first kappa shape index (κ1) is 17.5. The molecule has 0 fully saturated rings. The number of nitrogens with zero attached hydrogens (tertiary/aromatic N) is 1. The molecule has 0 spiro atoms. The Morgan fingerprint density at radius 1 is 1.24 bits per heavy atom. The van der Waals surface area contributed by atoms with Crippen LogP contribution in [0.4, 0.5) is 5.82 Å². The minimum absolute atomic E-state index is 0.0468. The highest BCUT2D eigenvalue weighted by atomic mass is 16.1. The van der Waals surface area contributed by atoms with Crippen LogP contribution in [0.15, 0.2) is 47.7 Å². The Morgan fingerprint density at radius 2 is 1.96 bits per heavy atom. The monoisotopic (exact) mass is 337 g/mol. The van der Waals surface area contributed by atoms with Gasteiger partial charge in [0.05, 0.1) is 5.41 Å². The van der Waals surface area contributed by atoms with E-state index < -0.39 is 5.41 Å². The topological polar surface area (TPSA) is 57.8 Å². The van der Waals surface area contributed by atoms with E-state index in [1.807, 2.05) is 38.2 Å². The molecule has 1 aromatic rings. The normalized spacial score (nSPS) is 25.2. The van der Waals surface area contributed by atoms with Gasteiger partial charge in [0.1, 0.15) is 0 Å². The average Bonchev–Trinajstić information content (AvgIpc) is 2.87. The highest BCUT2D eigenvalue weighted by Crippen LogP contribution is 2.52. The minimum atomic E-state index is -0.571. The Kier molecular flexibility index (Phi) is 4.10. The SMILES string of the molecule is C=C(/C=C\C=C/C)[C@]1(C)C2=C(CC(C)(C)CC2=O)Nc2n[nH]c(C)c21. The van der Waals surface area contributed by atoms with Gasteiger partial charge in [0.15, 0.2) is 11.6 Å². The molecule has 0 saturated heterocycles. The third-order valence-corrected chi connectivity index (χ3v) is 5.33. The number of aromatic amines is 1. The molecular formula is C21H27N3O. The Hall–Kier alpha value is -2.36. The lowest BCUT2D eigenvalue weighted by Crippen LogP contribution is -2.42. The first-order valence-electron chi connectivity index (χ1n) is 8.79. The van der Waals surface area contributed by atoms with E-state index in [4.69, 9.17) is 0 Å². The molecule has 1 aliphatic carbocycles. The molecule has 4 heteroatoms. The Morgan fingerprint density at radius 3 is 2.64 bits per heavy atom. The lowest BCUT2D eigenvalue weighted by molar-refractivity contribution is -0.118. The fourth-order valence-electron chi connectivity index (χ4n) is 4.18. The number of aromatic nitrogens is 2. The standard InChI is InChI=1S/C21H27N3O/c1-7-8-9-10-13(2)21(6)17-14(3)23-24-19(17)22-15-11-20(4,5)12-16(25)18(15)21/h7-10H,2,11-12H2,1,3-6H3,(H2,22,23,24)/b8-7-,10-9-/t21-/m0/s1. The van der Waals surface area contributed by atoms with Crippen molar-refractivity contribution in [2.24, 2.45) is 5.41 Å². The summed E-state index contributed by atoms with van der Waals surface area (Å²) in [5.41, 5.74) is 4.11. The van der Waals surface area contributed by atoms with E-state index in [1.54, 1.807) is 0 Å². The summed E-state index contributed by atoms with van der Waals surface area (Å²) in [6, 6.07) is 0.